The summed E-state index contributed by atoms with van der Waals surface area (Å²) in [5, 5.41) is 2.81. The first-order valence-electron chi connectivity index (χ1n) is 7.47. The van der Waals surface area contributed by atoms with Gasteiger partial charge in [0.05, 0.1) is 25.0 Å². The van der Waals surface area contributed by atoms with Crippen LogP contribution in [0.3, 0.4) is 0 Å². The summed E-state index contributed by atoms with van der Waals surface area (Å²) >= 11 is 0. The molecule has 0 aliphatic heterocycles. The molecular formula is C17H21NO4. The van der Waals surface area contributed by atoms with Gasteiger partial charge in [0.25, 0.3) is 5.91 Å². The summed E-state index contributed by atoms with van der Waals surface area (Å²) in [5.74, 6) is 1.11. The van der Waals surface area contributed by atoms with Crippen molar-refractivity contribution < 1.29 is 18.7 Å². The van der Waals surface area contributed by atoms with Crippen LogP contribution in [0.4, 0.5) is 5.69 Å². The third kappa shape index (κ3) is 4.28. The lowest BCUT2D eigenvalue weighted by Crippen LogP contribution is -2.11. The molecule has 1 amide bonds. The largest absolute Gasteiger partial charge is 0.490 e. The molecule has 0 bridgehead atoms. The summed E-state index contributed by atoms with van der Waals surface area (Å²) in [5.41, 5.74) is 1.13. The minimum absolute atomic E-state index is 0.225. The van der Waals surface area contributed by atoms with Gasteiger partial charge in [-0.3, -0.25) is 4.79 Å². The van der Waals surface area contributed by atoms with Gasteiger partial charge in [-0.15, -0.1) is 0 Å². The SMILES string of the molecule is CCCOc1ccc(NC(=O)c2ccoc2)cc1OCCC. The molecule has 0 radical (unpaired) electrons. The molecule has 118 valence electrons. The van der Waals surface area contributed by atoms with Gasteiger partial charge in [-0.25, -0.2) is 0 Å². The van der Waals surface area contributed by atoms with Gasteiger partial charge in [-0.1, -0.05) is 13.8 Å². The van der Waals surface area contributed by atoms with Crippen molar-refractivity contribution in [2.45, 2.75) is 26.7 Å². The molecule has 1 aromatic heterocycles. The van der Waals surface area contributed by atoms with Gasteiger partial charge < -0.3 is 19.2 Å². The number of furan rings is 1. The maximum absolute atomic E-state index is 12.0. The van der Waals surface area contributed by atoms with Crippen molar-refractivity contribution in [3.63, 3.8) is 0 Å². The van der Waals surface area contributed by atoms with Crippen LogP contribution in [0.5, 0.6) is 11.5 Å². The van der Waals surface area contributed by atoms with E-state index in [0.29, 0.717) is 36.0 Å². The van der Waals surface area contributed by atoms with Crippen LogP contribution < -0.4 is 14.8 Å². The van der Waals surface area contributed by atoms with Crippen LogP contribution >= 0.6 is 0 Å². The van der Waals surface area contributed by atoms with E-state index in [-0.39, 0.29) is 5.91 Å². The number of benzene rings is 1. The predicted molar refractivity (Wildman–Crippen MR) is 84.7 cm³/mol. The Morgan fingerprint density at radius 3 is 2.45 bits per heavy atom. The van der Waals surface area contributed by atoms with Crippen LogP contribution in [0.25, 0.3) is 0 Å². The second-order valence-corrected chi connectivity index (χ2v) is 4.82. The van der Waals surface area contributed by atoms with Gasteiger partial charge >= 0.3 is 0 Å². The number of nitrogens with one attached hydrogen (secondary N) is 1. The summed E-state index contributed by atoms with van der Waals surface area (Å²) in [6.45, 7) is 5.31. The van der Waals surface area contributed by atoms with Crippen molar-refractivity contribution in [3.8, 4) is 11.5 Å². The summed E-state index contributed by atoms with van der Waals surface area (Å²) < 4.78 is 16.3. The first kappa shape index (κ1) is 15.9. The second-order valence-electron chi connectivity index (χ2n) is 4.82. The van der Waals surface area contributed by atoms with Gasteiger partial charge in [-0.05, 0) is 31.0 Å². The summed E-state index contributed by atoms with van der Waals surface area (Å²) in [4.78, 5) is 12.0. The van der Waals surface area contributed by atoms with Crippen LogP contribution in [-0.2, 0) is 0 Å². The molecule has 2 rings (SSSR count). The van der Waals surface area contributed by atoms with E-state index in [9.17, 15) is 4.79 Å². The fraction of sp³-hybridized carbons (Fsp3) is 0.353. The Hall–Kier alpha value is -2.43. The normalized spacial score (nSPS) is 10.3. The highest BCUT2D eigenvalue weighted by atomic mass is 16.5. The molecule has 5 heteroatoms. The van der Waals surface area contributed by atoms with Gasteiger partial charge in [0, 0.05) is 11.8 Å². The molecule has 0 atom stereocenters. The van der Waals surface area contributed by atoms with Gasteiger partial charge in [0.2, 0.25) is 0 Å². The third-order valence-electron chi connectivity index (χ3n) is 2.91. The predicted octanol–water partition coefficient (Wildman–Crippen LogP) is 4.11. The van der Waals surface area contributed by atoms with E-state index in [2.05, 4.69) is 5.32 Å². The van der Waals surface area contributed by atoms with E-state index in [1.54, 1.807) is 18.2 Å². The van der Waals surface area contributed by atoms with Gasteiger partial charge in [-0.2, -0.15) is 0 Å². The molecule has 0 fully saturated rings. The second kappa shape index (κ2) is 8.12. The Kier molecular flexibility index (Phi) is 5.89. The maximum atomic E-state index is 12.0. The van der Waals surface area contributed by atoms with E-state index in [1.807, 2.05) is 19.9 Å². The summed E-state index contributed by atoms with van der Waals surface area (Å²) in [6, 6.07) is 6.99. The molecule has 0 aliphatic rings. The summed E-state index contributed by atoms with van der Waals surface area (Å²) in [7, 11) is 0. The molecule has 0 unspecified atom stereocenters. The molecule has 1 heterocycles. The van der Waals surface area contributed by atoms with Crippen molar-refractivity contribution in [2.24, 2.45) is 0 Å². The number of anilines is 1. The zero-order valence-electron chi connectivity index (χ0n) is 12.9. The zero-order chi connectivity index (χ0) is 15.8. The Morgan fingerprint density at radius 2 is 1.82 bits per heavy atom. The van der Waals surface area contributed by atoms with Crippen molar-refractivity contribution in [3.05, 3.63) is 42.4 Å². The highest BCUT2D eigenvalue weighted by Crippen LogP contribution is 2.31. The molecule has 0 saturated carbocycles. The van der Waals surface area contributed by atoms with E-state index >= 15 is 0 Å². The number of ether oxygens (including phenoxy) is 2. The first-order chi connectivity index (χ1) is 10.7. The molecule has 5 nitrogen and oxygen atoms in total. The van der Waals surface area contributed by atoms with E-state index in [4.69, 9.17) is 13.9 Å². The topological polar surface area (TPSA) is 60.7 Å². The molecule has 22 heavy (non-hydrogen) atoms. The van der Waals surface area contributed by atoms with E-state index in [0.717, 1.165) is 12.8 Å². The van der Waals surface area contributed by atoms with Crippen LogP contribution in [0.2, 0.25) is 0 Å². The highest BCUT2D eigenvalue weighted by molar-refractivity contribution is 6.04. The monoisotopic (exact) mass is 303 g/mol. The van der Waals surface area contributed by atoms with Crippen molar-refractivity contribution in [1.82, 2.24) is 0 Å². The van der Waals surface area contributed by atoms with Crippen molar-refractivity contribution in [2.75, 3.05) is 18.5 Å². The number of amides is 1. The Labute approximate surface area is 130 Å². The number of carbonyl (C=O) groups excluding carboxylic acids is 1. The van der Waals surface area contributed by atoms with E-state index < -0.39 is 0 Å². The van der Waals surface area contributed by atoms with Gasteiger partial charge in [0.1, 0.15) is 6.26 Å². The van der Waals surface area contributed by atoms with Crippen molar-refractivity contribution >= 4 is 11.6 Å². The van der Waals surface area contributed by atoms with Crippen LogP contribution in [0.15, 0.2) is 41.2 Å². The molecule has 0 spiro atoms. The lowest BCUT2D eigenvalue weighted by molar-refractivity contribution is 0.102. The third-order valence-corrected chi connectivity index (χ3v) is 2.91. The van der Waals surface area contributed by atoms with E-state index in [1.165, 1.54) is 12.5 Å². The fourth-order valence-corrected chi connectivity index (χ4v) is 1.84. The lowest BCUT2D eigenvalue weighted by Gasteiger charge is -2.14. The molecule has 2 aromatic rings. The summed E-state index contributed by atoms with van der Waals surface area (Å²) in [6.07, 6.45) is 4.69. The minimum Gasteiger partial charge on any atom is -0.490 e. The van der Waals surface area contributed by atoms with Crippen LogP contribution in [0, 0.1) is 0 Å². The van der Waals surface area contributed by atoms with Crippen LogP contribution in [-0.4, -0.2) is 19.1 Å². The quantitative estimate of drug-likeness (QED) is 0.797. The first-order valence-corrected chi connectivity index (χ1v) is 7.47. The fourth-order valence-electron chi connectivity index (χ4n) is 1.84. The molecular weight excluding hydrogens is 282 g/mol. The Bertz CT molecular complexity index is 593. The maximum Gasteiger partial charge on any atom is 0.258 e. The Balaban J connectivity index is 2.12. The van der Waals surface area contributed by atoms with Crippen LogP contribution in [0.1, 0.15) is 37.0 Å². The van der Waals surface area contributed by atoms with Crippen molar-refractivity contribution in [1.29, 1.82) is 0 Å². The molecule has 1 N–H and O–H groups in total. The molecule has 1 aromatic carbocycles. The number of hydrogen-bond donors (Lipinski definition) is 1. The standard InChI is InChI=1S/C17H21NO4/c1-3-8-21-15-6-5-14(11-16(15)22-9-4-2)18-17(19)13-7-10-20-12-13/h5-7,10-12H,3-4,8-9H2,1-2H3,(H,18,19). The zero-order valence-corrected chi connectivity index (χ0v) is 12.9. The lowest BCUT2D eigenvalue weighted by atomic mass is 10.2. The molecule has 0 saturated heterocycles. The number of rotatable bonds is 8. The average molecular weight is 303 g/mol. The average Bonchev–Trinajstić information content (AvgIpc) is 3.06. The Morgan fingerprint density at radius 1 is 1.09 bits per heavy atom. The molecule has 0 aliphatic carbocycles. The van der Waals surface area contributed by atoms with Gasteiger partial charge in [0.15, 0.2) is 11.5 Å². The number of carbonyl (C=O) groups is 1. The minimum atomic E-state index is -0.225. The smallest absolute Gasteiger partial charge is 0.258 e. The highest BCUT2D eigenvalue weighted by Gasteiger charge is 2.11. The number of hydrogen-bond acceptors (Lipinski definition) is 4.